The fourth-order valence-corrected chi connectivity index (χ4v) is 4.91. The molecule has 0 spiro atoms. The maximum Gasteiger partial charge on any atom is 0.287 e. The average Bonchev–Trinajstić information content (AvgIpc) is 3.73. The van der Waals surface area contributed by atoms with Crippen LogP contribution >= 0.6 is 0 Å². The largest absolute Gasteiger partial charge is 0.492 e. The smallest absolute Gasteiger partial charge is 0.287 e. The van der Waals surface area contributed by atoms with Gasteiger partial charge in [0.15, 0.2) is 11.5 Å². The highest BCUT2D eigenvalue weighted by Gasteiger charge is 2.34. The number of fused-ring (bicyclic) bond motifs is 2. The van der Waals surface area contributed by atoms with Crippen molar-refractivity contribution in [1.82, 2.24) is 10.4 Å². The molecule has 3 aromatic carbocycles. The summed E-state index contributed by atoms with van der Waals surface area (Å²) >= 11 is 0. The van der Waals surface area contributed by atoms with E-state index in [0.29, 0.717) is 63.6 Å². The Kier molecular flexibility index (Phi) is 6.88. The minimum Gasteiger partial charge on any atom is -0.492 e. The molecule has 210 valence electrons. The maximum atomic E-state index is 13.6. The van der Waals surface area contributed by atoms with Crippen molar-refractivity contribution in [2.24, 2.45) is 10.3 Å². The van der Waals surface area contributed by atoms with Gasteiger partial charge in [0.05, 0.1) is 26.1 Å². The summed E-state index contributed by atoms with van der Waals surface area (Å²) in [6.07, 6.45) is 1.81. The Morgan fingerprint density at radius 1 is 1.07 bits per heavy atom. The molecule has 12 heteroatoms. The lowest BCUT2D eigenvalue weighted by atomic mass is 9.95. The molecule has 0 bridgehead atoms. The highest BCUT2D eigenvalue weighted by molar-refractivity contribution is 6.01. The third-order valence-electron chi connectivity index (χ3n) is 6.81. The molecular formula is C29H24F2N4O6. The van der Waals surface area contributed by atoms with Gasteiger partial charge in [-0.05, 0) is 42.0 Å². The second-order valence-electron chi connectivity index (χ2n) is 9.32. The number of carbonyl (C=O) groups is 1. The molecule has 2 aliphatic heterocycles. The average molecular weight is 563 g/mol. The molecule has 10 nitrogen and oxygen atoms in total. The first-order valence-corrected chi connectivity index (χ1v) is 12.6. The number of H-pyrrole nitrogens is 1. The fraction of sp³-hybridized carbons (Fsp3) is 0.207. The normalized spacial score (nSPS) is 15.7. The summed E-state index contributed by atoms with van der Waals surface area (Å²) in [6.45, 7) is -0.0302. The van der Waals surface area contributed by atoms with Crippen molar-refractivity contribution in [1.29, 1.82) is 0 Å². The lowest BCUT2D eigenvalue weighted by molar-refractivity contribution is 0.0853. The lowest BCUT2D eigenvalue weighted by Crippen LogP contribution is -2.19. The Morgan fingerprint density at radius 3 is 2.56 bits per heavy atom. The van der Waals surface area contributed by atoms with Gasteiger partial charge in [-0.3, -0.25) is 4.79 Å². The SMILES string of the molecule is COc1c(/C=N\NC(=O)c2cc3cc(F)ccc3[nH]2)c(C[C@H]2CC(c3ccc(F)cc3)=NO2)c(OC)c2c1OCO2. The van der Waals surface area contributed by atoms with Crippen LogP contribution in [0.15, 0.2) is 58.8 Å². The summed E-state index contributed by atoms with van der Waals surface area (Å²) in [5.74, 6) is 0.198. The first-order chi connectivity index (χ1) is 19.9. The number of halogens is 2. The first kappa shape index (κ1) is 26.1. The minimum atomic E-state index is -0.525. The number of benzene rings is 3. The third kappa shape index (κ3) is 4.99. The molecule has 0 fully saturated rings. The van der Waals surface area contributed by atoms with Crippen molar-refractivity contribution in [2.75, 3.05) is 21.0 Å². The highest BCUT2D eigenvalue weighted by atomic mass is 19.1. The number of aromatic nitrogens is 1. The molecule has 0 unspecified atom stereocenters. The molecule has 0 saturated heterocycles. The second-order valence-corrected chi connectivity index (χ2v) is 9.32. The van der Waals surface area contributed by atoms with E-state index < -0.39 is 11.7 Å². The van der Waals surface area contributed by atoms with E-state index in [1.807, 2.05) is 0 Å². The van der Waals surface area contributed by atoms with E-state index in [2.05, 4.69) is 20.7 Å². The number of methoxy groups -OCH3 is 2. The maximum absolute atomic E-state index is 13.6. The van der Waals surface area contributed by atoms with Crippen LogP contribution in [0.2, 0.25) is 0 Å². The summed E-state index contributed by atoms with van der Waals surface area (Å²) in [5.41, 5.74) is 5.86. The number of ether oxygens (including phenoxy) is 4. The molecular weight excluding hydrogens is 538 g/mol. The third-order valence-corrected chi connectivity index (χ3v) is 6.81. The summed E-state index contributed by atoms with van der Waals surface area (Å²) in [7, 11) is 2.99. The Morgan fingerprint density at radius 2 is 1.80 bits per heavy atom. The van der Waals surface area contributed by atoms with E-state index in [1.54, 1.807) is 18.2 Å². The van der Waals surface area contributed by atoms with Gasteiger partial charge in [-0.1, -0.05) is 17.3 Å². The molecule has 0 radical (unpaired) electrons. The molecule has 2 aliphatic rings. The molecule has 1 aromatic heterocycles. The van der Waals surface area contributed by atoms with Gasteiger partial charge in [-0.15, -0.1) is 0 Å². The number of oxime groups is 1. The number of hydrazone groups is 1. The number of hydrogen-bond acceptors (Lipinski definition) is 8. The van der Waals surface area contributed by atoms with E-state index in [0.717, 1.165) is 5.56 Å². The fourth-order valence-electron chi connectivity index (χ4n) is 4.91. The van der Waals surface area contributed by atoms with Gasteiger partial charge >= 0.3 is 0 Å². The predicted molar refractivity (Wildman–Crippen MR) is 145 cm³/mol. The van der Waals surface area contributed by atoms with Gasteiger partial charge in [0.25, 0.3) is 5.91 Å². The molecule has 1 atom stereocenters. The summed E-state index contributed by atoms with van der Waals surface area (Å²) in [4.78, 5) is 21.5. The van der Waals surface area contributed by atoms with Crippen LogP contribution in [0, 0.1) is 11.6 Å². The number of hydrogen-bond donors (Lipinski definition) is 2. The number of rotatable bonds is 8. The van der Waals surface area contributed by atoms with Crippen LogP contribution in [-0.2, 0) is 11.3 Å². The van der Waals surface area contributed by atoms with Crippen LogP contribution in [-0.4, -0.2) is 49.9 Å². The number of carbonyl (C=O) groups excluding carboxylic acids is 1. The Balaban J connectivity index is 1.28. The van der Waals surface area contributed by atoms with Crippen LogP contribution in [0.4, 0.5) is 8.78 Å². The standard InChI is InChI=1S/C29H24F2N4O6/c1-37-25-20(11-19-12-23(35-41-19)15-3-5-17(30)6-4-15)21(26(38-2)28-27(25)39-14-40-28)13-32-34-29(36)24-10-16-9-18(31)7-8-22(16)33-24/h3-10,13,19,33H,11-12,14H2,1-2H3,(H,34,36)/b32-13-/t19-/m0/s1. The van der Waals surface area contributed by atoms with Gasteiger partial charge in [-0.25, -0.2) is 14.2 Å². The Labute approximate surface area is 232 Å². The zero-order chi connectivity index (χ0) is 28.5. The molecule has 3 heterocycles. The predicted octanol–water partition coefficient (Wildman–Crippen LogP) is 4.69. The van der Waals surface area contributed by atoms with Gasteiger partial charge in [0, 0.05) is 34.9 Å². The van der Waals surface area contributed by atoms with Crippen LogP contribution in [0.1, 0.15) is 33.6 Å². The number of amides is 1. The van der Waals surface area contributed by atoms with Gasteiger partial charge in [-0.2, -0.15) is 5.10 Å². The second kappa shape index (κ2) is 10.8. The van der Waals surface area contributed by atoms with Crippen molar-refractivity contribution >= 4 is 28.7 Å². The van der Waals surface area contributed by atoms with E-state index in [9.17, 15) is 13.6 Å². The summed E-state index contributed by atoms with van der Waals surface area (Å²) in [6, 6.07) is 11.8. The van der Waals surface area contributed by atoms with Gasteiger partial charge < -0.3 is 28.8 Å². The highest BCUT2D eigenvalue weighted by Crippen LogP contribution is 2.52. The Bertz CT molecular complexity index is 1700. The number of nitrogens with zero attached hydrogens (tertiary/aromatic N) is 2. The van der Waals surface area contributed by atoms with Gasteiger partial charge in [0.1, 0.15) is 23.4 Å². The zero-order valence-electron chi connectivity index (χ0n) is 22.0. The lowest BCUT2D eigenvalue weighted by Gasteiger charge is -2.19. The van der Waals surface area contributed by atoms with E-state index in [1.165, 1.54) is 50.8 Å². The van der Waals surface area contributed by atoms with E-state index in [-0.39, 0.29) is 24.4 Å². The van der Waals surface area contributed by atoms with Crippen molar-refractivity contribution in [3.63, 3.8) is 0 Å². The molecule has 0 saturated carbocycles. The molecule has 1 amide bonds. The molecule has 6 rings (SSSR count). The van der Waals surface area contributed by atoms with Crippen LogP contribution < -0.4 is 24.4 Å². The van der Waals surface area contributed by atoms with Gasteiger partial charge in [0.2, 0.25) is 18.3 Å². The van der Waals surface area contributed by atoms with Crippen molar-refractivity contribution in [3.05, 3.63) is 82.5 Å². The molecule has 0 aliphatic carbocycles. The van der Waals surface area contributed by atoms with Crippen LogP contribution in [0.5, 0.6) is 23.0 Å². The monoisotopic (exact) mass is 562 g/mol. The quantitative estimate of drug-likeness (QED) is 0.238. The first-order valence-electron chi connectivity index (χ1n) is 12.6. The summed E-state index contributed by atoms with van der Waals surface area (Å²) < 4.78 is 49.7. The number of nitrogens with one attached hydrogen (secondary N) is 2. The molecule has 41 heavy (non-hydrogen) atoms. The van der Waals surface area contributed by atoms with Crippen molar-refractivity contribution < 1.29 is 37.4 Å². The number of aromatic amines is 1. The minimum absolute atomic E-state index is 0.0302. The van der Waals surface area contributed by atoms with E-state index >= 15 is 0 Å². The topological polar surface area (TPSA) is 116 Å². The van der Waals surface area contributed by atoms with Crippen molar-refractivity contribution in [3.8, 4) is 23.0 Å². The molecule has 4 aromatic rings. The zero-order valence-corrected chi connectivity index (χ0v) is 22.0. The summed E-state index contributed by atoms with van der Waals surface area (Å²) in [5, 5.41) is 8.93. The van der Waals surface area contributed by atoms with Crippen LogP contribution in [0.25, 0.3) is 10.9 Å². The van der Waals surface area contributed by atoms with Crippen LogP contribution in [0.3, 0.4) is 0 Å². The van der Waals surface area contributed by atoms with Crippen molar-refractivity contribution in [2.45, 2.75) is 18.9 Å². The Hall–Kier alpha value is -5.13. The molecule has 2 N–H and O–H groups in total. The van der Waals surface area contributed by atoms with E-state index in [4.69, 9.17) is 23.8 Å².